The maximum Gasteiger partial charge on any atom is 0.150 e. The molecule has 1 aromatic rings. The summed E-state index contributed by atoms with van der Waals surface area (Å²) in [6.45, 7) is 0. The molecule has 0 bridgehead atoms. The van der Waals surface area contributed by atoms with Gasteiger partial charge in [-0.2, -0.15) is 12.6 Å². The minimum atomic E-state index is -1.07. The first-order valence-corrected chi connectivity index (χ1v) is 5.20. The number of thiol groups is 1. The van der Waals surface area contributed by atoms with E-state index in [4.69, 9.17) is 0 Å². The number of aliphatic hydroxyl groups excluding tert-OH is 2. The van der Waals surface area contributed by atoms with Crippen LogP contribution in [-0.4, -0.2) is 33.3 Å². The largest absolute Gasteiger partial charge is 0.390 e. The van der Waals surface area contributed by atoms with Crippen LogP contribution in [0.5, 0.6) is 0 Å². The number of pyridine rings is 1. The lowest BCUT2D eigenvalue weighted by molar-refractivity contribution is 0.0146. The van der Waals surface area contributed by atoms with Crippen LogP contribution in [0.2, 0.25) is 0 Å². The molecular weight excluding hydrogens is 214 g/mol. The van der Waals surface area contributed by atoms with E-state index in [1.165, 1.54) is 18.3 Å². The van der Waals surface area contributed by atoms with Gasteiger partial charge in [-0.25, -0.2) is 0 Å². The van der Waals surface area contributed by atoms with Gasteiger partial charge in [0.1, 0.15) is 12.4 Å². The molecule has 1 rings (SSSR count). The Morgan fingerprint density at radius 2 is 2.27 bits per heavy atom. The predicted molar refractivity (Wildman–Crippen MR) is 59.1 cm³/mol. The number of nitrogens with zero attached hydrogens (tertiary/aromatic N) is 1. The van der Waals surface area contributed by atoms with Crippen LogP contribution in [-0.2, 0) is 0 Å². The van der Waals surface area contributed by atoms with E-state index in [-0.39, 0.29) is 0 Å². The van der Waals surface area contributed by atoms with Crippen molar-refractivity contribution in [2.24, 2.45) is 0 Å². The molecule has 5 heteroatoms. The van der Waals surface area contributed by atoms with E-state index in [1.807, 2.05) is 0 Å². The van der Waals surface area contributed by atoms with E-state index in [1.54, 1.807) is 0 Å². The molecule has 0 aliphatic carbocycles. The number of carbonyl (C=O) groups excluding carboxylic acids is 1. The zero-order chi connectivity index (χ0) is 11.3. The monoisotopic (exact) mass is 227 g/mol. The van der Waals surface area contributed by atoms with E-state index in [9.17, 15) is 15.0 Å². The molecule has 4 nitrogen and oxygen atoms in total. The predicted octanol–water partition coefficient (Wildman–Crippen LogP) is 0.608. The van der Waals surface area contributed by atoms with Crippen molar-refractivity contribution in [1.82, 2.24) is 4.98 Å². The summed E-state index contributed by atoms with van der Waals surface area (Å²) >= 11 is 3.96. The first-order valence-electron chi connectivity index (χ1n) is 4.57. The summed E-state index contributed by atoms with van der Waals surface area (Å²) in [4.78, 5) is 14.4. The summed E-state index contributed by atoms with van der Waals surface area (Å²) in [5.74, 6) is 0.478. The molecule has 2 unspecified atom stereocenters. The molecule has 82 valence electrons. The number of hydrogen-bond acceptors (Lipinski definition) is 5. The molecule has 0 aliphatic rings. The highest BCUT2D eigenvalue weighted by Gasteiger charge is 2.18. The number of aromatic nitrogens is 1. The zero-order valence-corrected chi connectivity index (χ0v) is 8.97. The highest BCUT2D eigenvalue weighted by molar-refractivity contribution is 7.80. The van der Waals surface area contributed by atoms with Crippen molar-refractivity contribution in [2.75, 3.05) is 5.75 Å². The lowest BCUT2D eigenvalue weighted by atomic mass is 10.1. The van der Waals surface area contributed by atoms with Crippen LogP contribution in [0.15, 0.2) is 18.3 Å². The van der Waals surface area contributed by atoms with Gasteiger partial charge >= 0.3 is 0 Å². The number of rotatable bonds is 5. The Bertz CT molecular complexity index is 332. The van der Waals surface area contributed by atoms with Gasteiger partial charge in [0.2, 0.25) is 0 Å². The van der Waals surface area contributed by atoms with E-state index in [0.29, 0.717) is 29.7 Å². The Labute approximate surface area is 93.4 Å². The third-order valence-electron chi connectivity index (χ3n) is 2.03. The van der Waals surface area contributed by atoms with Crippen molar-refractivity contribution in [3.63, 3.8) is 0 Å². The minimum absolute atomic E-state index is 0.300. The van der Waals surface area contributed by atoms with Gasteiger partial charge in [-0.3, -0.25) is 9.78 Å². The molecular formula is C10H13NO3S. The van der Waals surface area contributed by atoms with Crippen molar-refractivity contribution in [2.45, 2.75) is 18.6 Å². The van der Waals surface area contributed by atoms with Crippen LogP contribution >= 0.6 is 12.6 Å². The molecule has 0 aromatic carbocycles. The first-order chi connectivity index (χ1) is 7.19. The van der Waals surface area contributed by atoms with Crippen molar-refractivity contribution in [3.05, 3.63) is 29.6 Å². The molecule has 1 aromatic heterocycles. The van der Waals surface area contributed by atoms with Gasteiger partial charge in [-0.15, -0.1) is 0 Å². The standard InChI is InChI=1S/C10H13NO3S/c12-6-7-1-3-11-8(5-7)10(14)9(13)2-4-15/h1,3,5-6,9-10,13-15H,2,4H2. The molecule has 2 atom stereocenters. The summed E-state index contributed by atoms with van der Waals surface area (Å²) in [5.41, 5.74) is 0.728. The molecule has 0 spiro atoms. The fourth-order valence-electron chi connectivity index (χ4n) is 1.19. The number of aliphatic hydroxyl groups is 2. The first kappa shape index (κ1) is 12.2. The van der Waals surface area contributed by atoms with Gasteiger partial charge in [0.25, 0.3) is 0 Å². The van der Waals surface area contributed by atoms with Crippen LogP contribution in [0.25, 0.3) is 0 Å². The van der Waals surface area contributed by atoms with Gasteiger partial charge in [0.15, 0.2) is 0 Å². The second-order valence-electron chi connectivity index (χ2n) is 3.16. The Morgan fingerprint density at radius 3 is 2.87 bits per heavy atom. The van der Waals surface area contributed by atoms with Gasteiger partial charge in [0, 0.05) is 11.8 Å². The molecule has 0 aliphatic heterocycles. The topological polar surface area (TPSA) is 70.4 Å². The van der Waals surface area contributed by atoms with Crippen molar-refractivity contribution in [1.29, 1.82) is 0 Å². The maximum absolute atomic E-state index is 10.5. The summed E-state index contributed by atoms with van der Waals surface area (Å²) in [6, 6.07) is 2.99. The molecule has 0 radical (unpaired) electrons. The lowest BCUT2D eigenvalue weighted by Gasteiger charge is -2.16. The Morgan fingerprint density at radius 1 is 1.53 bits per heavy atom. The highest BCUT2D eigenvalue weighted by Crippen LogP contribution is 2.17. The molecule has 0 fully saturated rings. The molecule has 1 heterocycles. The van der Waals surface area contributed by atoms with Crippen LogP contribution in [0, 0.1) is 0 Å². The second-order valence-corrected chi connectivity index (χ2v) is 3.60. The van der Waals surface area contributed by atoms with Gasteiger partial charge in [0.05, 0.1) is 11.8 Å². The number of hydrogen-bond donors (Lipinski definition) is 3. The van der Waals surface area contributed by atoms with Crippen LogP contribution in [0.3, 0.4) is 0 Å². The Kier molecular flexibility index (Phi) is 4.74. The minimum Gasteiger partial charge on any atom is -0.390 e. The average Bonchev–Trinajstić information content (AvgIpc) is 2.28. The van der Waals surface area contributed by atoms with E-state index in [2.05, 4.69) is 17.6 Å². The summed E-state index contributed by atoms with van der Waals surface area (Å²) in [7, 11) is 0. The fraction of sp³-hybridized carbons (Fsp3) is 0.400. The van der Waals surface area contributed by atoms with E-state index in [0.717, 1.165) is 0 Å². The number of carbonyl (C=O) groups is 1. The van der Waals surface area contributed by atoms with Crippen molar-refractivity contribution < 1.29 is 15.0 Å². The Balaban J connectivity index is 2.80. The summed E-state index contributed by atoms with van der Waals surface area (Å²) in [6.07, 6.45) is 0.490. The molecule has 2 N–H and O–H groups in total. The molecule has 0 saturated heterocycles. The van der Waals surface area contributed by atoms with Crippen LogP contribution in [0.1, 0.15) is 28.6 Å². The summed E-state index contributed by atoms with van der Waals surface area (Å²) < 4.78 is 0. The second kappa shape index (κ2) is 5.85. The normalized spacial score (nSPS) is 14.6. The maximum atomic E-state index is 10.5. The molecule has 0 amide bonds. The van der Waals surface area contributed by atoms with Gasteiger partial charge in [-0.1, -0.05) is 0 Å². The SMILES string of the molecule is O=Cc1ccnc(C(O)C(O)CCS)c1. The third-order valence-corrected chi connectivity index (χ3v) is 2.29. The van der Waals surface area contributed by atoms with Gasteiger partial charge in [-0.05, 0) is 24.3 Å². The quantitative estimate of drug-likeness (QED) is 0.509. The van der Waals surface area contributed by atoms with Gasteiger partial charge < -0.3 is 10.2 Å². The fourth-order valence-corrected chi connectivity index (χ4v) is 1.45. The van der Waals surface area contributed by atoms with Crippen LogP contribution < -0.4 is 0 Å². The van der Waals surface area contributed by atoms with Crippen LogP contribution in [0.4, 0.5) is 0 Å². The highest BCUT2D eigenvalue weighted by atomic mass is 32.1. The summed E-state index contributed by atoms with van der Waals surface area (Å²) in [5, 5.41) is 19.2. The van der Waals surface area contributed by atoms with E-state index < -0.39 is 12.2 Å². The Hall–Kier alpha value is -0.910. The molecule has 15 heavy (non-hydrogen) atoms. The average molecular weight is 227 g/mol. The molecule has 0 saturated carbocycles. The number of aldehydes is 1. The zero-order valence-electron chi connectivity index (χ0n) is 8.08. The third kappa shape index (κ3) is 3.30. The van der Waals surface area contributed by atoms with Crippen molar-refractivity contribution >= 4 is 18.9 Å². The lowest BCUT2D eigenvalue weighted by Crippen LogP contribution is -2.19. The van der Waals surface area contributed by atoms with Crippen molar-refractivity contribution in [3.8, 4) is 0 Å². The smallest absolute Gasteiger partial charge is 0.150 e. The van der Waals surface area contributed by atoms with E-state index >= 15 is 0 Å².